The number of thiophene rings is 1. The summed E-state index contributed by atoms with van der Waals surface area (Å²) in [6.07, 6.45) is 1.12. The van der Waals surface area contributed by atoms with E-state index in [9.17, 15) is 4.79 Å². The van der Waals surface area contributed by atoms with Gasteiger partial charge in [-0.2, -0.15) is 0 Å². The number of nitrogens with zero attached hydrogens (tertiary/aromatic N) is 2. The largest absolute Gasteiger partial charge is 0.336 e. The molecule has 2 aliphatic heterocycles. The highest BCUT2D eigenvalue weighted by Crippen LogP contribution is 2.32. The lowest BCUT2D eigenvalue weighted by Crippen LogP contribution is -2.68. The number of likely N-dealkylation sites (tertiary alicyclic amines) is 1. The minimum atomic E-state index is 0.0575. The van der Waals surface area contributed by atoms with Crippen LogP contribution >= 0.6 is 11.3 Å². The summed E-state index contributed by atoms with van der Waals surface area (Å²) in [5.74, 6) is 0. The lowest BCUT2D eigenvalue weighted by Gasteiger charge is -2.50. The number of likely N-dealkylation sites (N-methyl/N-ethyl adjacent to an activating group) is 1. The van der Waals surface area contributed by atoms with Crippen molar-refractivity contribution in [3.05, 3.63) is 21.9 Å². The van der Waals surface area contributed by atoms with Gasteiger partial charge in [0.15, 0.2) is 0 Å². The molecule has 1 aromatic rings. The molecule has 0 atom stereocenters. The van der Waals surface area contributed by atoms with Crippen molar-refractivity contribution in [1.82, 2.24) is 15.1 Å². The van der Waals surface area contributed by atoms with E-state index in [0.717, 1.165) is 32.6 Å². The van der Waals surface area contributed by atoms with Crippen LogP contribution in [0.3, 0.4) is 0 Å². The molecule has 2 amide bonds. The number of hydrogen-bond donors (Lipinski definition) is 1. The zero-order valence-electron chi connectivity index (χ0n) is 10.9. The number of hydrogen-bond acceptors (Lipinski definition) is 3. The van der Waals surface area contributed by atoms with Crippen LogP contribution in [0.2, 0.25) is 0 Å². The Labute approximate surface area is 112 Å². The van der Waals surface area contributed by atoms with Gasteiger partial charge in [0.25, 0.3) is 0 Å². The summed E-state index contributed by atoms with van der Waals surface area (Å²) in [7, 11) is 1.90. The van der Waals surface area contributed by atoms with Gasteiger partial charge in [0, 0.05) is 43.0 Å². The first kappa shape index (κ1) is 12.0. The Hall–Kier alpha value is -1.07. The smallest absolute Gasteiger partial charge is 0.317 e. The fourth-order valence-electron chi connectivity index (χ4n) is 2.83. The van der Waals surface area contributed by atoms with E-state index < -0.39 is 0 Å². The number of nitrogens with one attached hydrogen (secondary N) is 1. The van der Waals surface area contributed by atoms with Crippen LogP contribution < -0.4 is 5.32 Å². The summed E-state index contributed by atoms with van der Waals surface area (Å²) < 4.78 is 0. The Kier molecular flexibility index (Phi) is 2.83. The van der Waals surface area contributed by atoms with E-state index in [1.807, 2.05) is 23.3 Å². The van der Waals surface area contributed by atoms with E-state index >= 15 is 0 Å². The molecule has 1 spiro atoms. The van der Waals surface area contributed by atoms with E-state index in [1.54, 1.807) is 0 Å². The summed E-state index contributed by atoms with van der Waals surface area (Å²) in [6, 6.07) is 4.53. The molecule has 3 rings (SSSR count). The van der Waals surface area contributed by atoms with Gasteiger partial charge in [-0.25, -0.2) is 4.79 Å². The molecule has 1 aromatic heterocycles. The molecule has 5 heteroatoms. The third-order valence-corrected chi connectivity index (χ3v) is 5.28. The lowest BCUT2D eigenvalue weighted by molar-refractivity contribution is -0.000421. The molecule has 2 fully saturated rings. The monoisotopic (exact) mass is 265 g/mol. The number of urea groups is 1. The van der Waals surface area contributed by atoms with Gasteiger partial charge in [-0.3, -0.25) is 4.90 Å². The van der Waals surface area contributed by atoms with E-state index in [1.165, 1.54) is 9.75 Å². The third-order valence-electron chi connectivity index (χ3n) is 4.07. The van der Waals surface area contributed by atoms with Crippen LogP contribution in [0.1, 0.15) is 16.7 Å². The standard InChI is InChI=1S/C13H19N3OS/c1-3-10-4-5-11(18-10)6-16-8-13(9-16)7-14-12(17)15(13)2/h4-5H,3,6-9H2,1-2H3,(H,14,17). The average molecular weight is 265 g/mol. The fraction of sp³-hybridized carbons (Fsp3) is 0.615. The van der Waals surface area contributed by atoms with Crippen LogP contribution in [-0.4, -0.2) is 48.1 Å². The molecule has 0 aromatic carbocycles. The highest BCUT2D eigenvalue weighted by atomic mass is 32.1. The summed E-state index contributed by atoms with van der Waals surface area (Å²) in [4.78, 5) is 18.7. The molecular formula is C13H19N3OS. The second-order valence-corrected chi connectivity index (χ2v) is 6.56. The number of aryl methyl sites for hydroxylation is 1. The topological polar surface area (TPSA) is 35.6 Å². The fourth-order valence-corrected chi connectivity index (χ4v) is 3.83. The van der Waals surface area contributed by atoms with Gasteiger partial charge in [-0.1, -0.05) is 6.92 Å². The quantitative estimate of drug-likeness (QED) is 0.899. The van der Waals surface area contributed by atoms with E-state index in [2.05, 4.69) is 29.3 Å². The van der Waals surface area contributed by atoms with Gasteiger partial charge in [-0.05, 0) is 18.6 Å². The van der Waals surface area contributed by atoms with Gasteiger partial charge < -0.3 is 10.2 Å². The van der Waals surface area contributed by atoms with Crippen LogP contribution in [0.15, 0.2) is 12.1 Å². The number of amides is 2. The maximum absolute atomic E-state index is 11.5. The van der Waals surface area contributed by atoms with Crippen LogP contribution in [0.4, 0.5) is 4.79 Å². The second-order valence-electron chi connectivity index (χ2n) is 5.31. The summed E-state index contributed by atoms with van der Waals surface area (Å²) in [5.41, 5.74) is 0.0575. The number of carbonyl (C=O) groups is 1. The Morgan fingerprint density at radius 1 is 1.39 bits per heavy atom. The second kappa shape index (κ2) is 4.24. The third kappa shape index (κ3) is 1.82. The zero-order chi connectivity index (χ0) is 12.8. The van der Waals surface area contributed by atoms with Crippen LogP contribution in [0.25, 0.3) is 0 Å². The molecule has 4 nitrogen and oxygen atoms in total. The molecule has 0 bridgehead atoms. The van der Waals surface area contributed by atoms with Crippen molar-refractivity contribution in [3.63, 3.8) is 0 Å². The Morgan fingerprint density at radius 2 is 2.11 bits per heavy atom. The molecule has 1 N–H and O–H groups in total. The van der Waals surface area contributed by atoms with Crippen molar-refractivity contribution in [2.24, 2.45) is 0 Å². The molecule has 0 aliphatic carbocycles. The van der Waals surface area contributed by atoms with Crippen LogP contribution in [0.5, 0.6) is 0 Å². The van der Waals surface area contributed by atoms with Crippen molar-refractivity contribution >= 4 is 17.4 Å². The maximum atomic E-state index is 11.5. The lowest BCUT2D eigenvalue weighted by atomic mass is 9.89. The molecule has 2 saturated heterocycles. The van der Waals surface area contributed by atoms with Crippen molar-refractivity contribution in [1.29, 1.82) is 0 Å². The number of rotatable bonds is 3. The Bertz CT molecular complexity index is 465. The van der Waals surface area contributed by atoms with Gasteiger partial charge in [-0.15, -0.1) is 11.3 Å². The minimum absolute atomic E-state index is 0.0575. The minimum Gasteiger partial charge on any atom is -0.336 e. The van der Waals surface area contributed by atoms with Gasteiger partial charge in [0.05, 0.1) is 5.54 Å². The Balaban J connectivity index is 1.58. The predicted molar refractivity (Wildman–Crippen MR) is 72.9 cm³/mol. The molecule has 2 aliphatic rings. The zero-order valence-corrected chi connectivity index (χ0v) is 11.7. The van der Waals surface area contributed by atoms with E-state index in [4.69, 9.17) is 0 Å². The first-order valence-corrected chi connectivity index (χ1v) is 7.26. The average Bonchev–Trinajstić information content (AvgIpc) is 2.88. The van der Waals surface area contributed by atoms with Crippen molar-refractivity contribution in [2.45, 2.75) is 25.4 Å². The Morgan fingerprint density at radius 3 is 2.67 bits per heavy atom. The molecule has 0 radical (unpaired) electrons. The molecular weight excluding hydrogens is 246 g/mol. The van der Waals surface area contributed by atoms with Gasteiger partial charge >= 0.3 is 6.03 Å². The van der Waals surface area contributed by atoms with Gasteiger partial charge in [0.1, 0.15) is 0 Å². The highest BCUT2D eigenvalue weighted by Gasteiger charge is 2.51. The molecule has 98 valence electrons. The molecule has 0 unspecified atom stereocenters. The molecule has 3 heterocycles. The van der Waals surface area contributed by atoms with Crippen molar-refractivity contribution in [3.8, 4) is 0 Å². The van der Waals surface area contributed by atoms with E-state index in [0.29, 0.717) is 0 Å². The summed E-state index contributed by atoms with van der Waals surface area (Å²) >= 11 is 1.90. The maximum Gasteiger partial charge on any atom is 0.317 e. The van der Waals surface area contributed by atoms with Crippen molar-refractivity contribution in [2.75, 3.05) is 26.7 Å². The SMILES string of the molecule is CCc1ccc(CN2CC3(CNC(=O)N3C)C2)s1. The normalized spacial score (nSPS) is 22.3. The van der Waals surface area contributed by atoms with Crippen LogP contribution in [0, 0.1) is 0 Å². The first-order chi connectivity index (χ1) is 8.63. The summed E-state index contributed by atoms with van der Waals surface area (Å²) in [5, 5.41) is 2.92. The van der Waals surface area contributed by atoms with Crippen LogP contribution in [-0.2, 0) is 13.0 Å². The summed E-state index contributed by atoms with van der Waals surface area (Å²) in [6.45, 7) is 5.99. The number of carbonyl (C=O) groups excluding carboxylic acids is 1. The predicted octanol–water partition coefficient (Wildman–Crippen LogP) is 1.52. The highest BCUT2D eigenvalue weighted by molar-refractivity contribution is 7.11. The van der Waals surface area contributed by atoms with E-state index in [-0.39, 0.29) is 11.6 Å². The van der Waals surface area contributed by atoms with Gasteiger partial charge in [0.2, 0.25) is 0 Å². The first-order valence-electron chi connectivity index (χ1n) is 6.44. The molecule has 18 heavy (non-hydrogen) atoms. The molecule has 0 saturated carbocycles. The van der Waals surface area contributed by atoms with Crippen molar-refractivity contribution < 1.29 is 4.79 Å².